The molecule has 64 valence electrons. The molecule has 0 spiro atoms. The summed E-state index contributed by atoms with van der Waals surface area (Å²) in [5, 5.41) is 1.64. The average molecular weight is 168 g/mol. The first-order valence-electron chi connectivity index (χ1n) is 4.87. The van der Waals surface area contributed by atoms with Gasteiger partial charge in [-0.05, 0) is 6.42 Å². The van der Waals surface area contributed by atoms with Crippen molar-refractivity contribution in [2.45, 2.75) is 51.2 Å². The normalized spacial score (nSPS) is 32.4. The Hall–Kier alpha value is -0.0431. The van der Waals surface area contributed by atoms with Crippen LogP contribution in [0.3, 0.4) is 0 Å². The maximum atomic E-state index is 4.25. The lowest BCUT2D eigenvalue weighted by Gasteiger charge is -2.33. The van der Waals surface area contributed by atoms with Gasteiger partial charge in [0.15, 0.2) is 0 Å². The van der Waals surface area contributed by atoms with Crippen LogP contribution in [-0.2, 0) is 0 Å². The Labute approximate surface area is 71.7 Å². The van der Waals surface area contributed by atoms with Crippen LogP contribution in [0.4, 0.5) is 0 Å². The average Bonchev–Trinajstić information content (AvgIpc) is 1.96. The number of hydrogen-bond donors (Lipinski definition) is 0. The molecule has 0 nitrogen and oxygen atoms in total. The summed E-state index contributed by atoms with van der Waals surface area (Å²) in [7, 11) is -0.934. The van der Waals surface area contributed by atoms with E-state index in [-0.39, 0.29) is 0 Å². The molecule has 1 saturated heterocycles. The monoisotopic (exact) mass is 168 g/mol. The van der Waals surface area contributed by atoms with E-state index >= 15 is 0 Å². The van der Waals surface area contributed by atoms with E-state index in [1.807, 2.05) is 0 Å². The molecule has 1 atom stereocenters. The van der Waals surface area contributed by atoms with Gasteiger partial charge >= 0.3 is 0 Å². The van der Waals surface area contributed by atoms with Crippen LogP contribution < -0.4 is 0 Å². The zero-order valence-electron chi connectivity index (χ0n) is 7.95. The van der Waals surface area contributed by atoms with Gasteiger partial charge in [0, 0.05) is 0 Å². The summed E-state index contributed by atoms with van der Waals surface area (Å²) in [6.07, 6.45) is 5.58. The standard InChI is InChI=1S/C10H20Si/c1-4-8-11(3)9-6-5-7-10(11)2/h2,4-9H2,1,3H3. The highest BCUT2D eigenvalue weighted by Gasteiger charge is 2.31. The third kappa shape index (κ3) is 1.96. The minimum absolute atomic E-state index is 0.934. The number of rotatable bonds is 2. The molecule has 0 N–H and O–H groups in total. The predicted molar refractivity (Wildman–Crippen MR) is 54.5 cm³/mol. The first-order chi connectivity index (χ1) is 5.19. The topological polar surface area (TPSA) is 0 Å². The fourth-order valence-corrected chi connectivity index (χ4v) is 6.06. The molecule has 1 aliphatic heterocycles. The minimum Gasteiger partial charge on any atom is -0.104 e. The molecule has 1 unspecified atom stereocenters. The molecular formula is C10H20Si. The molecule has 0 amide bonds. The highest BCUT2D eigenvalue weighted by atomic mass is 28.3. The van der Waals surface area contributed by atoms with Gasteiger partial charge in [0.2, 0.25) is 0 Å². The van der Waals surface area contributed by atoms with Crippen molar-refractivity contribution in [3.63, 3.8) is 0 Å². The molecule has 1 rings (SSSR count). The van der Waals surface area contributed by atoms with Crippen molar-refractivity contribution in [3.8, 4) is 0 Å². The minimum atomic E-state index is -0.934. The molecule has 0 aliphatic carbocycles. The SMILES string of the molecule is C=C1CCCC[Si]1(C)CCC. The van der Waals surface area contributed by atoms with E-state index in [0.717, 1.165) is 0 Å². The summed E-state index contributed by atoms with van der Waals surface area (Å²) in [6, 6.07) is 2.99. The molecule has 0 aromatic heterocycles. The number of hydrogen-bond acceptors (Lipinski definition) is 0. The first-order valence-corrected chi connectivity index (χ1v) is 7.79. The van der Waals surface area contributed by atoms with E-state index in [9.17, 15) is 0 Å². The van der Waals surface area contributed by atoms with Gasteiger partial charge in [0.25, 0.3) is 0 Å². The van der Waals surface area contributed by atoms with E-state index in [0.29, 0.717) is 0 Å². The summed E-state index contributed by atoms with van der Waals surface area (Å²) < 4.78 is 0. The first kappa shape index (κ1) is 9.05. The largest absolute Gasteiger partial charge is 0.104 e. The van der Waals surface area contributed by atoms with Gasteiger partial charge in [-0.15, -0.1) is 6.58 Å². The van der Waals surface area contributed by atoms with Gasteiger partial charge in [0.05, 0.1) is 8.07 Å². The van der Waals surface area contributed by atoms with Crippen molar-refractivity contribution < 1.29 is 0 Å². The Balaban J connectivity index is 2.57. The fourth-order valence-electron chi connectivity index (χ4n) is 2.19. The van der Waals surface area contributed by atoms with E-state index in [1.54, 1.807) is 5.20 Å². The van der Waals surface area contributed by atoms with Crippen molar-refractivity contribution in [1.29, 1.82) is 0 Å². The second-order valence-electron chi connectivity index (χ2n) is 4.12. The molecule has 0 aromatic carbocycles. The molecule has 11 heavy (non-hydrogen) atoms. The Morgan fingerprint density at radius 1 is 1.45 bits per heavy atom. The van der Waals surface area contributed by atoms with Crippen LogP contribution in [-0.4, -0.2) is 8.07 Å². The summed E-state index contributed by atoms with van der Waals surface area (Å²) in [5.41, 5.74) is 0. The Bertz CT molecular complexity index is 147. The van der Waals surface area contributed by atoms with Crippen LogP contribution in [0.5, 0.6) is 0 Å². The lowest BCUT2D eigenvalue weighted by atomic mass is 10.2. The van der Waals surface area contributed by atoms with Crippen LogP contribution in [0.15, 0.2) is 11.8 Å². The quantitative estimate of drug-likeness (QED) is 0.551. The molecular weight excluding hydrogens is 148 g/mol. The second-order valence-corrected chi connectivity index (χ2v) is 8.95. The highest BCUT2D eigenvalue weighted by molar-refractivity contribution is 6.85. The molecule has 0 saturated carbocycles. The molecule has 1 fully saturated rings. The zero-order chi connectivity index (χ0) is 8.32. The van der Waals surface area contributed by atoms with Crippen LogP contribution in [0.25, 0.3) is 0 Å². The second kappa shape index (κ2) is 3.57. The van der Waals surface area contributed by atoms with Crippen molar-refractivity contribution in [2.24, 2.45) is 0 Å². The van der Waals surface area contributed by atoms with Crippen molar-refractivity contribution in [3.05, 3.63) is 11.8 Å². The molecule has 1 aliphatic rings. The summed E-state index contributed by atoms with van der Waals surface area (Å²) >= 11 is 0. The fraction of sp³-hybridized carbons (Fsp3) is 0.800. The molecule has 0 bridgehead atoms. The van der Waals surface area contributed by atoms with Gasteiger partial charge in [0.1, 0.15) is 0 Å². The van der Waals surface area contributed by atoms with Crippen molar-refractivity contribution in [2.75, 3.05) is 0 Å². The van der Waals surface area contributed by atoms with Gasteiger partial charge in [-0.2, -0.15) is 0 Å². The van der Waals surface area contributed by atoms with E-state index in [2.05, 4.69) is 20.0 Å². The summed E-state index contributed by atoms with van der Waals surface area (Å²) in [6.45, 7) is 9.08. The maximum absolute atomic E-state index is 4.25. The molecule has 0 aromatic rings. The van der Waals surface area contributed by atoms with E-state index < -0.39 is 8.07 Å². The van der Waals surface area contributed by atoms with Crippen molar-refractivity contribution >= 4 is 8.07 Å². The highest BCUT2D eigenvalue weighted by Crippen LogP contribution is 2.34. The molecule has 1 heteroatoms. The van der Waals surface area contributed by atoms with Gasteiger partial charge in [-0.25, -0.2) is 0 Å². The summed E-state index contributed by atoms with van der Waals surface area (Å²) in [4.78, 5) is 0. The third-order valence-electron chi connectivity index (χ3n) is 3.11. The Morgan fingerprint density at radius 2 is 2.18 bits per heavy atom. The number of allylic oxidation sites excluding steroid dienone is 1. The predicted octanol–water partition coefficient (Wildman–Crippen LogP) is 3.75. The Morgan fingerprint density at radius 3 is 2.73 bits per heavy atom. The lowest BCUT2D eigenvalue weighted by molar-refractivity contribution is 0.753. The zero-order valence-corrected chi connectivity index (χ0v) is 8.95. The Kier molecular flexibility index (Phi) is 2.94. The van der Waals surface area contributed by atoms with Crippen LogP contribution >= 0.6 is 0 Å². The van der Waals surface area contributed by atoms with E-state index in [1.165, 1.54) is 37.8 Å². The van der Waals surface area contributed by atoms with Crippen molar-refractivity contribution in [1.82, 2.24) is 0 Å². The smallest absolute Gasteiger partial charge is 0.0777 e. The van der Waals surface area contributed by atoms with Gasteiger partial charge in [-0.3, -0.25) is 0 Å². The third-order valence-corrected chi connectivity index (χ3v) is 8.13. The molecule has 1 heterocycles. The van der Waals surface area contributed by atoms with Gasteiger partial charge in [-0.1, -0.05) is 50.0 Å². The van der Waals surface area contributed by atoms with E-state index in [4.69, 9.17) is 0 Å². The summed E-state index contributed by atoms with van der Waals surface area (Å²) in [5.74, 6) is 0. The van der Waals surface area contributed by atoms with Crippen LogP contribution in [0.2, 0.25) is 18.6 Å². The maximum Gasteiger partial charge on any atom is 0.0777 e. The lowest BCUT2D eigenvalue weighted by Crippen LogP contribution is -2.34. The van der Waals surface area contributed by atoms with Gasteiger partial charge < -0.3 is 0 Å². The van der Waals surface area contributed by atoms with Crippen LogP contribution in [0.1, 0.15) is 32.6 Å². The molecule has 0 radical (unpaired) electrons. The van der Waals surface area contributed by atoms with Crippen LogP contribution in [0, 0.1) is 0 Å².